The lowest BCUT2D eigenvalue weighted by Crippen LogP contribution is -2.30. The lowest BCUT2D eigenvalue weighted by molar-refractivity contribution is 0.177. The number of hydrogen-bond acceptors (Lipinski definition) is 2. The van der Waals surface area contributed by atoms with Crippen LogP contribution in [0.25, 0.3) is 0 Å². The number of aliphatic hydroxyl groups excluding tert-OH is 1. The molecule has 0 amide bonds. The van der Waals surface area contributed by atoms with Gasteiger partial charge in [0.05, 0.1) is 6.10 Å². The highest BCUT2D eigenvalue weighted by Crippen LogP contribution is 2.24. The van der Waals surface area contributed by atoms with Gasteiger partial charge in [-0.1, -0.05) is 19.8 Å². The Hall–Kier alpha value is -0.0800. The number of aliphatic hydroxyl groups is 1. The van der Waals surface area contributed by atoms with Crippen molar-refractivity contribution in [1.29, 1.82) is 0 Å². The summed E-state index contributed by atoms with van der Waals surface area (Å²) >= 11 is 0. The Balaban J connectivity index is 2.02. The van der Waals surface area contributed by atoms with Crippen molar-refractivity contribution < 1.29 is 5.11 Å². The van der Waals surface area contributed by atoms with Crippen LogP contribution in [0.2, 0.25) is 0 Å². The first kappa shape index (κ1) is 12.0. The minimum atomic E-state index is -0.0206. The molecule has 0 radical (unpaired) electrons. The van der Waals surface area contributed by atoms with Crippen molar-refractivity contribution in [3.63, 3.8) is 0 Å². The Morgan fingerprint density at radius 1 is 1.43 bits per heavy atom. The number of nitrogens with one attached hydrogen (secondary N) is 1. The maximum Gasteiger partial charge on any atom is 0.0543 e. The molecule has 1 saturated carbocycles. The second-order valence-electron chi connectivity index (χ2n) is 4.78. The molecule has 2 nitrogen and oxygen atoms in total. The first-order valence-electron chi connectivity index (χ1n) is 6.13. The molecule has 0 bridgehead atoms. The average Bonchev–Trinajstić information content (AvgIpc) is 2.58. The van der Waals surface area contributed by atoms with E-state index in [0.717, 1.165) is 19.4 Å². The van der Waals surface area contributed by atoms with Crippen LogP contribution in [-0.4, -0.2) is 23.8 Å². The third-order valence-corrected chi connectivity index (χ3v) is 3.26. The van der Waals surface area contributed by atoms with E-state index in [9.17, 15) is 5.11 Å². The van der Waals surface area contributed by atoms with E-state index in [1.54, 1.807) is 0 Å². The second-order valence-corrected chi connectivity index (χ2v) is 4.78. The van der Waals surface area contributed by atoms with Crippen molar-refractivity contribution in [2.75, 3.05) is 6.54 Å². The standard InChI is InChI=1S/C12H25NO/c1-3-4-5-10(2)13-9-11-6-7-12(14)8-11/h10-14H,3-9H2,1-2H3. The first-order valence-corrected chi connectivity index (χ1v) is 6.13. The van der Waals surface area contributed by atoms with E-state index in [1.807, 2.05) is 0 Å². The third kappa shape index (κ3) is 4.43. The molecule has 1 aliphatic rings. The minimum absolute atomic E-state index is 0.0206. The molecular formula is C12H25NO. The van der Waals surface area contributed by atoms with Crippen molar-refractivity contribution in [2.45, 2.75) is 64.5 Å². The van der Waals surface area contributed by atoms with E-state index in [1.165, 1.54) is 25.7 Å². The molecule has 0 aliphatic heterocycles. The Labute approximate surface area is 88.1 Å². The van der Waals surface area contributed by atoms with E-state index >= 15 is 0 Å². The van der Waals surface area contributed by atoms with E-state index in [-0.39, 0.29) is 6.10 Å². The molecule has 1 aliphatic carbocycles. The van der Waals surface area contributed by atoms with Gasteiger partial charge in [0, 0.05) is 6.04 Å². The van der Waals surface area contributed by atoms with Gasteiger partial charge in [0.25, 0.3) is 0 Å². The summed E-state index contributed by atoms with van der Waals surface area (Å²) in [7, 11) is 0. The van der Waals surface area contributed by atoms with Gasteiger partial charge in [-0.15, -0.1) is 0 Å². The molecule has 1 fully saturated rings. The van der Waals surface area contributed by atoms with Gasteiger partial charge in [-0.3, -0.25) is 0 Å². The van der Waals surface area contributed by atoms with Crippen LogP contribution in [0.3, 0.4) is 0 Å². The SMILES string of the molecule is CCCCC(C)NCC1CCC(O)C1. The zero-order valence-corrected chi connectivity index (χ0v) is 9.63. The van der Waals surface area contributed by atoms with E-state index in [2.05, 4.69) is 19.2 Å². The average molecular weight is 199 g/mol. The topological polar surface area (TPSA) is 32.3 Å². The molecule has 0 saturated heterocycles. The molecule has 0 spiro atoms. The van der Waals surface area contributed by atoms with Gasteiger partial charge < -0.3 is 10.4 Å². The number of unbranched alkanes of at least 4 members (excludes halogenated alkanes) is 1. The molecular weight excluding hydrogens is 174 g/mol. The van der Waals surface area contributed by atoms with Crippen LogP contribution >= 0.6 is 0 Å². The zero-order valence-electron chi connectivity index (χ0n) is 9.63. The van der Waals surface area contributed by atoms with Crippen LogP contribution in [0.1, 0.15) is 52.4 Å². The molecule has 0 aromatic heterocycles. The van der Waals surface area contributed by atoms with E-state index < -0.39 is 0 Å². The van der Waals surface area contributed by atoms with Crippen LogP contribution < -0.4 is 5.32 Å². The molecule has 2 N–H and O–H groups in total. The molecule has 0 aromatic rings. The summed E-state index contributed by atoms with van der Waals surface area (Å²) in [5, 5.41) is 12.9. The van der Waals surface area contributed by atoms with Crippen LogP contribution in [0.15, 0.2) is 0 Å². The highest BCUT2D eigenvalue weighted by atomic mass is 16.3. The van der Waals surface area contributed by atoms with Crippen molar-refractivity contribution >= 4 is 0 Å². The molecule has 0 aromatic carbocycles. The summed E-state index contributed by atoms with van der Waals surface area (Å²) in [6.45, 7) is 5.60. The normalized spacial score (nSPS) is 29.4. The van der Waals surface area contributed by atoms with Crippen molar-refractivity contribution in [3.05, 3.63) is 0 Å². The van der Waals surface area contributed by atoms with Gasteiger partial charge in [0.15, 0.2) is 0 Å². The number of rotatable bonds is 6. The van der Waals surface area contributed by atoms with Crippen LogP contribution in [0, 0.1) is 5.92 Å². The van der Waals surface area contributed by atoms with Gasteiger partial charge in [-0.05, 0) is 45.1 Å². The fourth-order valence-corrected chi connectivity index (χ4v) is 2.21. The predicted molar refractivity (Wildman–Crippen MR) is 60.3 cm³/mol. The fraction of sp³-hybridized carbons (Fsp3) is 1.00. The summed E-state index contributed by atoms with van der Waals surface area (Å²) in [5.74, 6) is 0.717. The van der Waals surface area contributed by atoms with Crippen LogP contribution in [0.4, 0.5) is 0 Å². The maximum atomic E-state index is 9.38. The third-order valence-electron chi connectivity index (χ3n) is 3.26. The molecule has 0 heterocycles. The smallest absolute Gasteiger partial charge is 0.0543 e. The quantitative estimate of drug-likeness (QED) is 0.688. The first-order chi connectivity index (χ1) is 6.72. The second kappa shape index (κ2) is 6.41. The Bertz CT molecular complexity index is 149. The van der Waals surface area contributed by atoms with Crippen molar-refractivity contribution in [3.8, 4) is 0 Å². The monoisotopic (exact) mass is 199 g/mol. The van der Waals surface area contributed by atoms with E-state index in [0.29, 0.717) is 12.0 Å². The minimum Gasteiger partial charge on any atom is -0.393 e. The van der Waals surface area contributed by atoms with Gasteiger partial charge in [-0.2, -0.15) is 0 Å². The largest absolute Gasteiger partial charge is 0.393 e. The van der Waals surface area contributed by atoms with Crippen LogP contribution in [-0.2, 0) is 0 Å². The fourth-order valence-electron chi connectivity index (χ4n) is 2.21. The Morgan fingerprint density at radius 2 is 2.21 bits per heavy atom. The lowest BCUT2D eigenvalue weighted by Gasteiger charge is -2.16. The van der Waals surface area contributed by atoms with Gasteiger partial charge in [0.2, 0.25) is 0 Å². The van der Waals surface area contributed by atoms with E-state index in [4.69, 9.17) is 0 Å². The highest BCUT2D eigenvalue weighted by Gasteiger charge is 2.22. The molecule has 84 valence electrons. The zero-order chi connectivity index (χ0) is 10.4. The molecule has 1 rings (SSSR count). The molecule has 14 heavy (non-hydrogen) atoms. The van der Waals surface area contributed by atoms with Crippen molar-refractivity contribution in [2.24, 2.45) is 5.92 Å². The molecule has 3 atom stereocenters. The molecule has 2 heteroatoms. The number of hydrogen-bond donors (Lipinski definition) is 2. The van der Waals surface area contributed by atoms with Crippen molar-refractivity contribution in [1.82, 2.24) is 5.32 Å². The Morgan fingerprint density at radius 3 is 2.79 bits per heavy atom. The van der Waals surface area contributed by atoms with Gasteiger partial charge in [0.1, 0.15) is 0 Å². The highest BCUT2D eigenvalue weighted by molar-refractivity contribution is 4.77. The Kier molecular flexibility index (Phi) is 5.49. The van der Waals surface area contributed by atoms with Gasteiger partial charge in [-0.25, -0.2) is 0 Å². The van der Waals surface area contributed by atoms with Gasteiger partial charge >= 0.3 is 0 Å². The summed E-state index contributed by atoms with van der Waals surface area (Å²) in [5.41, 5.74) is 0. The summed E-state index contributed by atoms with van der Waals surface area (Å²) in [4.78, 5) is 0. The summed E-state index contributed by atoms with van der Waals surface area (Å²) in [6, 6.07) is 0.646. The van der Waals surface area contributed by atoms with Crippen LogP contribution in [0.5, 0.6) is 0 Å². The maximum absolute atomic E-state index is 9.38. The summed E-state index contributed by atoms with van der Waals surface area (Å²) < 4.78 is 0. The summed E-state index contributed by atoms with van der Waals surface area (Å²) in [6.07, 6.45) is 7.09. The molecule has 3 unspecified atom stereocenters. The lowest BCUT2D eigenvalue weighted by atomic mass is 10.1. The predicted octanol–water partition coefficient (Wildman–Crippen LogP) is 2.32.